The Hall–Kier alpha value is -4.49. The van der Waals surface area contributed by atoms with Crippen molar-refractivity contribution in [3.63, 3.8) is 0 Å². The van der Waals surface area contributed by atoms with E-state index in [1.807, 2.05) is 30.6 Å². The lowest BCUT2D eigenvalue weighted by atomic mass is 9.95. The quantitative estimate of drug-likeness (QED) is 0.0669. The van der Waals surface area contributed by atoms with Crippen molar-refractivity contribution in [3.05, 3.63) is 75.8 Å². The van der Waals surface area contributed by atoms with E-state index in [2.05, 4.69) is 26.0 Å². The molecule has 1 aliphatic rings. The number of pyridine rings is 2. The molecule has 1 aromatic carbocycles. The third kappa shape index (κ3) is 10.0. The van der Waals surface area contributed by atoms with E-state index in [9.17, 15) is 14.4 Å². The number of benzene rings is 1. The molecule has 0 aliphatic carbocycles. The highest BCUT2D eigenvalue weighted by Crippen LogP contribution is 2.30. The number of hydrogen-bond donors (Lipinski definition) is 0. The van der Waals surface area contributed by atoms with Crippen molar-refractivity contribution in [1.82, 2.24) is 9.55 Å². The van der Waals surface area contributed by atoms with E-state index in [-0.39, 0.29) is 50.2 Å². The van der Waals surface area contributed by atoms with Gasteiger partial charge in [0.25, 0.3) is 5.56 Å². The zero-order chi connectivity index (χ0) is 32.6. The van der Waals surface area contributed by atoms with Gasteiger partial charge in [-0.2, -0.15) is 0 Å². The molecule has 1 fully saturated rings. The van der Waals surface area contributed by atoms with E-state index in [0.29, 0.717) is 51.7 Å². The van der Waals surface area contributed by atoms with Crippen LogP contribution >= 0.6 is 0 Å². The summed E-state index contributed by atoms with van der Waals surface area (Å²) < 4.78 is 22.9. The molecular formula is C32H41N7O7. The second-order valence-electron chi connectivity index (χ2n) is 10.6. The Morgan fingerprint density at radius 2 is 1.80 bits per heavy atom. The fourth-order valence-electron chi connectivity index (χ4n) is 5.33. The van der Waals surface area contributed by atoms with Gasteiger partial charge in [-0.3, -0.25) is 19.4 Å². The highest BCUT2D eigenvalue weighted by molar-refractivity contribution is 5.96. The van der Waals surface area contributed by atoms with Gasteiger partial charge in [0.15, 0.2) is 0 Å². The Morgan fingerprint density at radius 1 is 1.04 bits per heavy atom. The number of ether oxygens (including phenoxy) is 4. The van der Waals surface area contributed by atoms with E-state index in [0.717, 1.165) is 29.4 Å². The molecule has 1 amide bonds. The standard InChI is InChI=1S/C32H41N7O7/c1-2-46-31(41)24-38-23-27(9-10-30(38)40)39(13-15-44-17-19-45-18-16-43-14-11-35-36-33)32(42)26-7-5-12-37(22-26)29-21-34-20-25-6-3-4-8-28(25)29/h3-4,6,8-10,20-21,23,26H,2,5,7,11-19,22,24H2,1H3/t26-/m0/s1. The fourth-order valence-corrected chi connectivity index (χ4v) is 5.33. The zero-order valence-corrected chi connectivity index (χ0v) is 26.2. The molecule has 46 heavy (non-hydrogen) atoms. The molecule has 0 radical (unpaired) electrons. The molecule has 1 saturated heterocycles. The van der Waals surface area contributed by atoms with Crippen molar-refractivity contribution >= 4 is 34.0 Å². The van der Waals surface area contributed by atoms with Gasteiger partial charge in [-0.15, -0.1) is 0 Å². The molecule has 3 aromatic rings. The summed E-state index contributed by atoms with van der Waals surface area (Å²) in [6.45, 7) is 5.46. The van der Waals surface area contributed by atoms with Crippen molar-refractivity contribution in [2.45, 2.75) is 26.3 Å². The number of piperidine rings is 1. The maximum absolute atomic E-state index is 14.2. The molecular weight excluding hydrogens is 594 g/mol. The molecule has 14 heteroatoms. The minimum atomic E-state index is -0.532. The van der Waals surface area contributed by atoms with Crippen LogP contribution in [0.1, 0.15) is 19.8 Å². The summed E-state index contributed by atoms with van der Waals surface area (Å²) in [5.41, 5.74) is 9.39. The number of nitrogens with zero attached hydrogens (tertiary/aromatic N) is 7. The SMILES string of the molecule is CCOC(=O)Cn1cc(N(CCOCCOCCOCCN=[N+]=[N-])C(=O)[C@H]2CCCN(c3cncc4ccccc34)C2)ccc1=O. The lowest BCUT2D eigenvalue weighted by molar-refractivity contribution is -0.143. The largest absolute Gasteiger partial charge is 0.465 e. The van der Waals surface area contributed by atoms with Gasteiger partial charge in [0, 0.05) is 60.3 Å². The van der Waals surface area contributed by atoms with Gasteiger partial charge < -0.3 is 33.3 Å². The van der Waals surface area contributed by atoms with E-state index >= 15 is 0 Å². The Kier molecular flexibility index (Phi) is 13.8. The molecule has 0 N–H and O–H groups in total. The van der Waals surface area contributed by atoms with Gasteiger partial charge >= 0.3 is 5.97 Å². The van der Waals surface area contributed by atoms with Crippen LogP contribution in [0.15, 0.2) is 64.9 Å². The fraction of sp³-hybridized carbons (Fsp3) is 0.500. The van der Waals surface area contributed by atoms with Gasteiger partial charge in [-0.05, 0) is 31.4 Å². The summed E-state index contributed by atoms with van der Waals surface area (Å²) in [5.74, 6) is -0.923. The van der Waals surface area contributed by atoms with Gasteiger partial charge in [-0.25, -0.2) is 0 Å². The molecule has 14 nitrogen and oxygen atoms in total. The van der Waals surface area contributed by atoms with Crippen molar-refractivity contribution < 1.29 is 28.5 Å². The van der Waals surface area contributed by atoms with Crippen LogP contribution in [0.5, 0.6) is 0 Å². The number of anilines is 2. The maximum Gasteiger partial charge on any atom is 0.326 e. The highest BCUT2D eigenvalue weighted by atomic mass is 16.5. The number of amides is 1. The first-order valence-electron chi connectivity index (χ1n) is 15.5. The van der Waals surface area contributed by atoms with E-state index in [4.69, 9.17) is 24.5 Å². The number of azide groups is 1. The van der Waals surface area contributed by atoms with Gasteiger partial charge in [0.2, 0.25) is 5.91 Å². The summed E-state index contributed by atoms with van der Waals surface area (Å²) in [6, 6.07) is 11.0. The molecule has 1 aliphatic heterocycles. The number of aromatic nitrogens is 2. The minimum Gasteiger partial charge on any atom is -0.465 e. The van der Waals surface area contributed by atoms with Crippen molar-refractivity contribution in [3.8, 4) is 0 Å². The Balaban J connectivity index is 1.42. The normalized spacial score (nSPS) is 14.5. The molecule has 4 rings (SSSR count). The second-order valence-corrected chi connectivity index (χ2v) is 10.6. The molecule has 0 unspecified atom stereocenters. The summed E-state index contributed by atoms with van der Waals surface area (Å²) in [4.78, 5) is 49.8. The zero-order valence-electron chi connectivity index (χ0n) is 26.2. The number of carbonyl (C=O) groups is 2. The summed E-state index contributed by atoms with van der Waals surface area (Å²) in [5, 5.41) is 5.53. The number of hydrogen-bond acceptors (Lipinski definition) is 10. The maximum atomic E-state index is 14.2. The first-order valence-corrected chi connectivity index (χ1v) is 15.5. The van der Waals surface area contributed by atoms with Crippen molar-refractivity contribution in [1.29, 1.82) is 0 Å². The predicted octanol–water partition coefficient (Wildman–Crippen LogP) is 3.57. The molecule has 0 saturated carbocycles. The van der Waals surface area contributed by atoms with Crippen LogP contribution in [0.4, 0.5) is 11.4 Å². The van der Waals surface area contributed by atoms with E-state index in [1.165, 1.54) is 16.8 Å². The van der Waals surface area contributed by atoms with Gasteiger partial charge in [0.05, 0.1) is 69.7 Å². The van der Waals surface area contributed by atoms with Crippen molar-refractivity contribution in [2.75, 3.05) is 82.2 Å². The lowest BCUT2D eigenvalue weighted by Gasteiger charge is -2.36. The van der Waals surface area contributed by atoms with Gasteiger partial charge in [-0.1, -0.05) is 29.4 Å². The van der Waals surface area contributed by atoms with E-state index < -0.39 is 5.97 Å². The van der Waals surface area contributed by atoms with Crippen LogP contribution in [0.3, 0.4) is 0 Å². The van der Waals surface area contributed by atoms with Gasteiger partial charge in [0.1, 0.15) is 6.54 Å². The summed E-state index contributed by atoms with van der Waals surface area (Å²) in [7, 11) is 0. The molecule has 1 atom stereocenters. The monoisotopic (exact) mass is 635 g/mol. The Morgan fingerprint density at radius 3 is 2.59 bits per heavy atom. The molecule has 3 heterocycles. The van der Waals surface area contributed by atoms with Crippen LogP contribution < -0.4 is 15.4 Å². The second kappa shape index (κ2) is 18.5. The van der Waals surface area contributed by atoms with Crippen LogP contribution in [-0.4, -0.2) is 93.9 Å². The predicted molar refractivity (Wildman–Crippen MR) is 173 cm³/mol. The average Bonchev–Trinajstić information content (AvgIpc) is 3.07. The smallest absolute Gasteiger partial charge is 0.326 e. The van der Waals surface area contributed by atoms with E-state index in [1.54, 1.807) is 17.9 Å². The molecule has 0 spiro atoms. The topological polar surface area (TPSA) is 161 Å². The summed E-state index contributed by atoms with van der Waals surface area (Å²) >= 11 is 0. The van der Waals surface area contributed by atoms with Crippen LogP contribution in [0, 0.1) is 5.92 Å². The minimum absolute atomic E-state index is 0.0861. The van der Waals surface area contributed by atoms with Crippen LogP contribution in [-0.2, 0) is 35.1 Å². The number of carbonyl (C=O) groups excluding carboxylic acids is 2. The molecule has 246 valence electrons. The number of fused-ring (bicyclic) bond motifs is 1. The van der Waals surface area contributed by atoms with Crippen molar-refractivity contribution in [2.24, 2.45) is 11.0 Å². The molecule has 0 bridgehead atoms. The average molecular weight is 636 g/mol. The first-order chi connectivity index (χ1) is 22.5. The summed E-state index contributed by atoms with van der Waals surface area (Å²) in [6.07, 6.45) is 6.76. The van der Waals surface area contributed by atoms with Crippen LogP contribution in [0.2, 0.25) is 0 Å². The Bertz CT molecular complexity index is 1540. The first kappa shape index (κ1) is 34.4. The number of esters is 1. The van der Waals surface area contributed by atoms with Crippen LogP contribution in [0.25, 0.3) is 21.2 Å². The molecule has 2 aromatic heterocycles. The highest BCUT2D eigenvalue weighted by Gasteiger charge is 2.31. The Labute approximate surface area is 267 Å². The third-order valence-electron chi connectivity index (χ3n) is 7.51. The number of rotatable bonds is 18. The third-order valence-corrected chi connectivity index (χ3v) is 7.51. The lowest BCUT2D eigenvalue weighted by Crippen LogP contribution is -2.46.